The molecular weight excluding hydrogens is 476 g/mol. The molecule has 0 aliphatic carbocycles. The number of nitrogens with zero attached hydrogens (tertiary/aromatic N) is 2. The standard InChI is InChI=1S/C27H38N4O4S/c1-35-27(34)24(13-16-36-2)29-25(32)19-30(18-22-10-6-15-31(22)26(33)12-14-28)17-21-9-5-8-20-7-3-4-11-23(20)21/h3-5,7-9,11,22,24H,6,10,12-19,28H2,1-2H3,(H,29,32)/t22-,24-/m0/s1. The molecule has 1 heterocycles. The Morgan fingerprint density at radius 3 is 2.75 bits per heavy atom. The molecule has 3 rings (SSSR count). The minimum atomic E-state index is -0.677. The molecule has 1 aliphatic rings. The van der Waals surface area contributed by atoms with Crippen molar-refractivity contribution >= 4 is 40.3 Å². The van der Waals surface area contributed by atoms with Crippen molar-refractivity contribution in [2.45, 2.75) is 44.3 Å². The number of nitrogens with one attached hydrogen (secondary N) is 1. The zero-order chi connectivity index (χ0) is 25.9. The van der Waals surface area contributed by atoms with Gasteiger partial charge in [0.05, 0.1) is 13.7 Å². The van der Waals surface area contributed by atoms with Crippen LogP contribution >= 0.6 is 11.8 Å². The lowest BCUT2D eigenvalue weighted by Gasteiger charge is -2.31. The third kappa shape index (κ3) is 7.69. The molecule has 3 N–H and O–H groups in total. The predicted molar refractivity (Wildman–Crippen MR) is 145 cm³/mol. The van der Waals surface area contributed by atoms with Crippen LogP contribution in [-0.4, -0.2) is 85.0 Å². The molecule has 0 aromatic heterocycles. The largest absolute Gasteiger partial charge is 0.467 e. The summed E-state index contributed by atoms with van der Waals surface area (Å²) in [5.41, 5.74) is 6.75. The Morgan fingerprint density at radius 1 is 1.22 bits per heavy atom. The number of amides is 2. The van der Waals surface area contributed by atoms with Gasteiger partial charge in [0, 0.05) is 38.6 Å². The number of hydrogen-bond donors (Lipinski definition) is 2. The second-order valence-corrected chi connectivity index (χ2v) is 10.1. The fourth-order valence-corrected chi connectivity index (χ4v) is 5.32. The van der Waals surface area contributed by atoms with E-state index in [-0.39, 0.29) is 24.4 Å². The summed E-state index contributed by atoms with van der Waals surface area (Å²) < 4.78 is 4.90. The van der Waals surface area contributed by atoms with E-state index in [1.54, 1.807) is 11.8 Å². The van der Waals surface area contributed by atoms with Crippen LogP contribution in [0.3, 0.4) is 0 Å². The fourth-order valence-electron chi connectivity index (χ4n) is 4.85. The predicted octanol–water partition coefficient (Wildman–Crippen LogP) is 2.39. The molecule has 2 amide bonds. The number of esters is 1. The summed E-state index contributed by atoms with van der Waals surface area (Å²) in [7, 11) is 1.33. The van der Waals surface area contributed by atoms with E-state index in [4.69, 9.17) is 10.5 Å². The number of carbonyl (C=O) groups excluding carboxylic acids is 3. The highest BCUT2D eigenvalue weighted by Crippen LogP contribution is 2.23. The van der Waals surface area contributed by atoms with Crippen LogP contribution in [0.25, 0.3) is 10.8 Å². The highest BCUT2D eigenvalue weighted by Gasteiger charge is 2.31. The number of ether oxygens (including phenoxy) is 1. The van der Waals surface area contributed by atoms with Crippen molar-refractivity contribution in [2.24, 2.45) is 5.73 Å². The Hall–Kier alpha value is -2.62. The van der Waals surface area contributed by atoms with Gasteiger partial charge in [-0.1, -0.05) is 42.5 Å². The van der Waals surface area contributed by atoms with Gasteiger partial charge in [0.1, 0.15) is 6.04 Å². The first-order chi connectivity index (χ1) is 17.5. The van der Waals surface area contributed by atoms with Crippen LogP contribution < -0.4 is 11.1 Å². The second kappa shape index (κ2) is 14.2. The van der Waals surface area contributed by atoms with Crippen molar-refractivity contribution in [1.29, 1.82) is 0 Å². The van der Waals surface area contributed by atoms with Gasteiger partial charge in [0.2, 0.25) is 11.8 Å². The van der Waals surface area contributed by atoms with Gasteiger partial charge < -0.3 is 20.7 Å². The molecule has 0 spiro atoms. The van der Waals surface area contributed by atoms with Gasteiger partial charge in [-0.05, 0) is 47.6 Å². The van der Waals surface area contributed by atoms with Gasteiger partial charge >= 0.3 is 5.97 Å². The highest BCUT2D eigenvalue weighted by molar-refractivity contribution is 7.98. The summed E-state index contributed by atoms with van der Waals surface area (Å²) in [6.07, 6.45) is 4.63. The second-order valence-electron chi connectivity index (χ2n) is 9.15. The molecule has 0 saturated carbocycles. The smallest absolute Gasteiger partial charge is 0.328 e. The molecule has 0 radical (unpaired) electrons. The van der Waals surface area contributed by atoms with Gasteiger partial charge in [0.15, 0.2) is 0 Å². The maximum Gasteiger partial charge on any atom is 0.328 e. The van der Waals surface area contributed by atoms with Gasteiger partial charge in [-0.15, -0.1) is 0 Å². The van der Waals surface area contributed by atoms with E-state index in [9.17, 15) is 14.4 Å². The Labute approximate surface area is 217 Å². The molecule has 1 fully saturated rings. The molecule has 2 atom stereocenters. The molecule has 196 valence electrons. The van der Waals surface area contributed by atoms with Crippen molar-refractivity contribution < 1.29 is 19.1 Å². The Balaban J connectivity index is 1.79. The van der Waals surface area contributed by atoms with Crippen LogP contribution in [0.15, 0.2) is 42.5 Å². The Morgan fingerprint density at radius 2 is 2.00 bits per heavy atom. The fraction of sp³-hybridized carbons (Fsp3) is 0.519. The Kier molecular flexibility index (Phi) is 11.0. The van der Waals surface area contributed by atoms with E-state index in [1.165, 1.54) is 7.11 Å². The minimum absolute atomic E-state index is 0.0275. The van der Waals surface area contributed by atoms with Crippen LogP contribution in [0.1, 0.15) is 31.2 Å². The van der Waals surface area contributed by atoms with E-state index < -0.39 is 12.0 Å². The highest BCUT2D eigenvalue weighted by atomic mass is 32.2. The lowest BCUT2D eigenvalue weighted by Crippen LogP contribution is -2.49. The topological polar surface area (TPSA) is 105 Å². The summed E-state index contributed by atoms with van der Waals surface area (Å²) in [6.45, 7) is 2.29. The first kappa shape index (κ1) is 28.0. The van der Waals surface area contributed by atoms with E-state index in [0.717, 1.165) is 41.5 Å². The third-order valence-electron chi connectivity index (χ3n) is 6.60. The molecule has 1 aliphatic heterocycles. The quantitative estimate of drug-likeness (QED) is 0.396. The average molecular weight is 515 g/mol. The molecule has 2 aromatic rings. The number of methoxy groups -OCH3 is 1. The number of hydrogen-bond acceptors (Lipinski definition) is 7. The van der Waals surface area contributed by atoms with Crippen LogP contribution in [0.4, 0.5) is 0 Å². The zero-order valence-corrected chi connectivity index (χ0v) is 22.1. The van der Waals surface area contributed by atoms with Gasteiger partial charge in [-0.3, -0.25) is 14.5 Å². The van der Waals surface area contributed by atoms with Gasteiger partial charge in [-0.2, -0.15) is 11.8 Å². The van der Waals surface area contributed by atoms with Crippen LogP contribution in [0.5, 0.6) is 0 Å². The van der Waals surface area contributed by atoms with Gasteiger partial charge in [-0.25, -0.2) is 4.79 Å². The first-order valence-corrected chi connectivity index (χ1v) is 13.9. The van der Waals surface area contributed by atoms with Crippen LogP contribution in [-0.2, 0) is 25.7 Å². The summed E-state index contributed by atoms with van der Waals surface area (Å²) in [6, 6.07) is 13.7. The normalized spacial score (nSPS) is 16.3. The average Bonchev–Trinajstić information content (AvgIpc) is 3.34. The van der Waals surface area contributed by atoms with Crippen molar-refractivity contribution in [2.75, 3.05) is 45.3 Å². The molecular formula is C27H38N4O4S. The summed E-state index contributed by atoms with van der Waals surface area (Å²) >= 11 is 1.61. The maximum atomic E-state index is 13.1. The zero-order valence-electron chi connectivity index (χ0n) is 21.3. The molecule has 9 heteroatoms. The lowest BCUT2D eigenvalue weighted by molar-refractivity contribution is -0.145. The summed E-state index contributed by atoms with van der Waals surface area (Å²) in [4.78, 5) is 42.0. The lowest BCUT2D eigenvalue weighted by atomic mass is 10.0. The molecule has 1 saturated heterocycles. The number of benzene rings is 2. The molecule has 0 bridgehead atoms. The third-order valence-corrected chi connectivity index (χ3v) is 7.24. The maximum absolute atomic E-state index is 13.1. The van der Waals surface area contributed by atoms with E-state index >= 15 is 0 Å². The number of carbonyl (C=O) groups is 3. The van der Waals surface area contributed by atoms with E-state index in [1.807, 2.05) is 29.4 Å². The molecule has 36 heavy (non-hydrogen) atoms. The van der Waals surface area contributed by atoms with Crippen molar-refractivity contribution in [3.8, 4) is 0 Å². The molecule has 0 unspecified atom stereocenters. The van der Waals surface area contributed by atoms with Crippen molar-refractivity contribution in [1.82, 2.24) is 15.1 Å². The number of rotatable bonds is 13. The minimum Gasteiger partial charge on any atom is -0.467 e. The number of likely N-dealkylation sites (tertiary alicyclic amines) is 1. The Bertz CT molecular complexity index is 1030. The van der Waals surface area contributed by atoms with Gasteiger partial charge in [0.25, 0.3) is 0 Å². The number of fused-ring (bicyclic) bond motifs is 1. The monoisotopic (exact) mass is 514 g/mol. The number of thioether (sulfide) groups is 1. The van der Waals surface area contributed by atoms with E-state index in [0.29, 0.717) is 32.5 Å². The van der Waals surface area contributed by atoms with Crippen LogP contribution in [0.2, 0.25) is 0 Å². The van der Waals surface area contributed by atoms with Crippen molar-refractivity contribution in [3.05, 3.63) is 48.0 Å². The SMILES string of the molecule is COC(=O)[C@H](CCSC)NC(=O)CN(Cc1cccc2ccccc12)C[C@@H]1CCCN1C(=O)CCN. The van der Waals surface area contributed by atoms with Crippen molar-refractivity contribution in [3.63, 3.8) is 0 Å². The first-order valence-electron chi connectivity index (χ1n) is 12.5. The summed E-state index contributed by atoms with van der Waals surface area (Å²) in [5.74, 6) is 0.134. The molecule has 2 aromatic carbocycles. The summed E-state index contributed by atoms with van der Waals surface area (Å²) in [5, 5.41) is 5.15. The molecule has 8 nitrogen and oxygen atoms in total. The van der Waals surface area contributed by atoms with E-state index in [2.05, 4.69) is 34.5 Å². The van der Waals surface area contributed by atoms with Crippen LogP contribution in [0, 0.1) is 0 Å². The number of nitrogens with two attached hydrogens (primary N) is 1.